The van der Waals surface area contributed by atoms with Crippen molar-refractivity contribution in [2.75, 3.05) is 40.4 Å². The van der Waals surface area contributed by atoms with Crippen LogP contribution >= 0.6 is 24.0 Å². The number of benzene rings is 1. The number of carbonyl (C=O) groups excluding carboxylic acids is 1. The van der Waals surface area contributed by atoms with E-state index in [1.807, 2.05) is 0 Å². The molecule has 0 aliphatic rings. The molecular formula is C19H30IN5O2. The van der Waals surface area contributed by atoms with E-state index < -0.39 is 0 Å². The molecule has 27 heavy (non-hydrogen) atoms. The van der Waals surface area contributed by atoms with Crippen molar-refractivity contribution in [2.45, 2.75) is 19.8 Å². The first-order chi connectivity index (χ1) is 12.7. The molecule has 0 spiro atoms. The van der Waals surface area contributed by atoms with Crippen LogP contribution < -0.4 is 16.0 Å². The van der Waals surface area contributed by atoms with Gasteiger partial charge >= 0.3 is 0 Å². The van der Waals surface area contributed by atoms with Crippen LogP contribution in [0.3, 0.4) is 0 Å². The fourth-order valence-corrected chi connectivity index (χ4v) is 2.83. The van der Waals surface area contributed by atoms with Crippen molar-refractivity contribution >= 4 is 46.7 Å². The van der Waals surface area contributed by atoms with Gasteiger partial charge in [0, 0.05) is 44.3 Å². The largest absolute Gasteiger partial charge is 0.383 e. The number of ether oxygens (including phenoxy) is 1. The number of nitrogens with zero attached hydrogens (tertiary/aromatic N) is 1. The van der Waals surface area contributed by atoms with E-state index in [0.717, 1.165) is 19.4 Å². The maximum atomic E-state index is 11.7. The van der Waals surface area contributed by atoms with Crippen LogP contribution in [0.15, 0.2) is 29.4 Å². The number of hydrogen-bond acceptors (Lipinski definition) is 3. The molecule has 150 valence electrons. The minimum absolute atomic E-state index is 0. The van der Waals surface area contributed by atoms with Gasteiger partial charge in [-0.15, -0.1) is 24.0 Å². The lowest BCUT2D eigenvalue weighted by Crippen LogP contribution is -2.44. The Balaban J connectivity index is 0.00000364. The minimum Gasteiger partial charge on any atom is -0.383 e. The van der Waals surface area contributed by atoms with Gasteiger partial charge in [0.15, 0.2) is 5.96 Å². The number of H-pyrrole nitrogens is 1. The van der Waals surface area contributed by atoms with Crippen molar-refractivity contribution < 1.29 is 9.53 Å². The van der Waals surface area contributed by atoms with Gasteiger partial charge in [0.2, 0.25) is 5.91 Å². The molecule has 2 rings (SSSR count). The summed E-state index contributed by atoms with van der Waals surface area (Å²) >= 11 is 0. The molecule has 8 heteroatoms. The number of methoxy groups -OCH3 is 1. The Morgan fingerprint density at radius 3 is 2.70 bits per heavy atom. The first kappa shape index (κ1) is 23.2. The molecule has 7 nitrogen and oxygen atoms in total. The third-order valence-electron chi connectivity index (χ3n) is 4.22. The number of fused-ring (bicyclic) bond motifs is 1. The average molecular weight is 487 g/mol. The lowest BCUT2D eigenvalue weighted by atomic mass is 10.1. The van der Waals surface area contributed by atoms with Crippen LogP contribution in [0, 0.1) is 0 Å². The summed E-state index contributed by atoms with van der Waals surface area (Å²) in [6.45, 7) is 4.08. The van der Waals surface area contributed by atoms with Crippen molar-refractivity contribution in [3.05, 3.63) is 35.5 Å². The minimum atomic E-state index is -0.0891. The van der Waals surface area contributed by atoms with Crippen molar-refractivity contribution in [3.63, 3.8) is 0 Å². The zero-order chi connectivity index (χ0) is 18.8. The molecule has 0 fully saturated rings. The summed E-state index contributed by atoms with van der Waals surface area (Å²) in [4.78, 5) is 19.2. The van der Waals surface area contributed by atoms with E-state index in [0.29, 0.717) is 19.1 Å². The van der Waals surface area contributed by atoms with Gasteiger partial charge in [-0.2, -0.15) is 0 Å². The lowest BCUT2D eigenvalue weighted by Gasteiger charge is -2.12. The van der Waals surface area contributed by atoms with E-state index in [9.17, 15) is 4.79 Å². The predicted molar refractivity (Wildman–Crippen MR) is 121 cm³/mol. The van der Waals surface area contributed by atoms with Crippen molar-refractivity contribution in [1.29, 1.82) is 0 Å². The van der Waals surface area contributed by atoms with E-state index >= 15 is 0 Å². The molecule has 0 radical (unpaired) electrons. The molecule has 2 aromatic rings. The Labute approximate surface area is 177 Å². The topological polar surface area (TPSA) is 90.5 Å². The molecule has 0 saturated heterocycles. The molecule has 0 bridgehead atoms. The molecule has 1 aromatic heterocycles. The molecule has 1 aromatic carbocycles. The van der Waals surface area contributed by atoms with E-state index in [2.05, 4.69) is 57.2 Å². The Morgan fingerprint density at radius 2 is 2.00 bits per heavy atom. The van der Waals surface area contributed by atoms with Crippen LogP contribution in [-0.2, 0) is 22.4 Å². The molecule has 0 aliphatic carbocycles. The van der Waals surface area contributed by atoms with E-state index in [-0.39, 0.29) is 36.4 Å². The van der Waals surface area contributed by atoms with Crippen LogP contribution in [0.1, 0.15) is 18.1 Å². The van der Waals surface area contributed by atoms with Crippen LogP contribution in [0.2, 0.25) is 0 Å². The van der Waals surface area contributed by atoms with Crippen LogP contribution in [0.25, 0.3) is 10.9 Å². The second-order valence-electron chi connectivity index (χ2n) is 5.95. The predicted octanol–water partition coefficient (Wildman–Crippen LogP) is 1.82. The summed E-state index contributed by atoms with van der Waals surface area (Å²) in [5, 5.41) is 10.3. The highest BCUT2D eigenvalue weighted by Crippen LogP contribution is 2.22. The Morgan fingerprint density at radius 1 is 1.19 bits per heavy atom. The molecule has 1 amide bonds. The number of aromatic amines is 1. The molecule has 0 aliphatic heterocycles. The number of carbonyl (C=O) groups is 1. The lowest BCUT2D eigenvalue weighted by molar-refractivity contribution is -0.120. The highest BCUT2D eigenvalue weighted by Gasteiger charge is 2.07. The molecule has 1 heterocycles. The SMILES string of the molecule is CCc1cccc2c(CCNC(=NC)NCC(=O)NCCOC)c[nH]c12.I. The third-order valence-corrected chi connectivity index (χ3v) is 4.22. The number of guanidine groups is 1. The fourth-order valence-electron chi connectivity index (χ4n) is 2.83. The van der Waals surface area contributed by atoms with Gasteiger partial charge in [0.1, 0.15) is 0 Å². The van der Waals surface area contributed by atoms with Gasteiger partial charge in [-0.3, -0.25) is 9.79 Å². The second kappa shape index (κ2) is 12.6. The van der Waals surface area contributed by atoms with E-state index in [1.165, 1.54) is 22.0 Å². The first-order valence-electron chi connectivity index (χ1n) is 8.97. The normalized spacial score (nSPS) is 11.1. The Bertz CT molecular complexity index is 745. The second-order valence-corrected chi connectivity index (χ2v) is 5.95. The molecule has 0 saturated carbocycles. The highest BCUT2D eigenvalue weighted by molar-refractivity contribution is 14.0. The Kier molecular flexibility index (Phi) is 10.8. The average Bonchev–Trinajstić information content (AvgIpc) is 3.08. The van der Waals surface area contributed by atoms with Gasteiger partial charge < -0.3 is 25.7 Å². The summed E-state index contributed by atoms with van der Waals surface area (Å²) in [6.07, 6.45) is 3.96. The molecular weight excluding hydrogens is 457 g/mol. The molecule has 0 atom stereocenters. The number of para-hydroxylation sites is 1. The number of hydrogen-bond donors (Lipinski definition) is 4. The van der Waals surface area contributed by atoms with Gasteiger partial charge in [-0.25, -0.2) is 0 Å². The molecule has 4 N–H and O–H groups in total. The van der Waals surface area contributed by atoms with Gasteiger partial charge in [-0.05, 0) is 24.0 Å². The van der Waals surface area contributed by atoms with Crippen LogP contribution in [0.5, 0.6) is 0 Å². The van der Waals surface area contributed by atoms with Crippen LogP contribution in [0.4, 0.5) is 0 Å². The Hall–Kier alpha value is -1.81. The summed E-state index contributed by atoms with van der Waals surface area (Å²) in [5.41, 5.74) is 3.83. The van der Waals surface area contributed by atoms with Crippen molar-refractivity contribution in [1.82, 2.24) is 20.9 Å². The first-order valence-corrected chi connectivity index (χ1v) is 8.97. The van der Waals surface area contributed by atoms with Gasteiger partial charge in [0.25, 0.3) is 0 Å². The van der Waals surface area contributed by atoms with Gasteiger partial charge in [-0.1, -0.05) is 25.1 Å². The van der Waals surface area contributed by atoms with E-state index in [4.69, 9.17) is 4.74 Å². The number of nitrogens with one attached hydrogen (secondary N) is 4. The number of aromatic nitrogens is 1. The maximum Gasteiger partial charge on any atom is 0.239 e. The van der Waals surface area contributed by atoms with Crippen molar-refractivity contribution in [3.8, 4) is 0 Å². The standard InChI is InChI=1S/C19H29N5O2.HI/c1-4-14-6-5-7-16-15(12-23-18(14)16)8-9-22-19(20-2)24-13-17(25)21-10-11-26-3;/h5-7,12,23H,4,8-11,13H2,1-3H3,(H,21,25)(H2,20,22,24);1H. The smallest absolute Gasteiger partial charge is 0.239 e. The zero-order valence-corrected chi connectivity index (χ0v) is 18.6. The molecule has 0 unspecified atom stereocenters. The quantitative estimate of drug-likeness (QED) is 0.188. The summed E-state index contributed by atoms with van der Waals surface area (Å²) < 4.78 is 4.90. The number of amides is 1. The number of rotatable bonds is 9. The van der Waals surface area contributed by atoms with Crippen molar-refractivity contribution in [2.24, 2.45) is 4.99 Å². The highest BCUT2D eigenvalue weighted by atomic mass is 127. The van der Waals surface area contributed by atoms with Gasteiger partial charge in [0.05, 0.1) is 13.2 Å². The number of halogens is 1. The summed E-state index contributed by atoms with van der Waals surface area (Å²) in [6, 6.07) is 6.41. The van der Waals surface area contributed by atoms with Crippen LogP contribution in [-0.4, -0.2) is 57.2 Å². The maximum absolute atomic E-state index is 11.7. The summed E-state index contributed by atoms with van der Waals surface area (Å²) in [5.74, 6) is 0.523. The fraction of sp³-hybridized carbons (Fsp3) is 0.474. The number of aryl methyl sites for hydroxylation is 1. The monoisotopic (exact) mass is 487 g/mol. The zero-order valence-electron chi connectivity index (χ0n) is 16.2. The number of aliphatic imine (C=N–C) groups is 1. The summed E-state index contributed by atoms with van der Waals surface area (Å²) in [7, 11) is 3.30. The van der Waals surface area contributed by atoms with E-state index in [1.54, 1.807) is 14.2 Å². The third kappa shape index (κ3) is 7.02.